The number of carboxylic acids is 1. The minimum absolute atomic E-state index is 0.0218. The molecule has 0 aromatic carbocycles. The van der Waals surface area contributed by atoms with Crippen LogP contribution in [-0.2, 0) is 9.59 Å². The van der Waals surface area contributed by atoms with E-state index in [1.807, 2.05) is 0 Å². The second kappa shape index (κ2) is 7.29. The van der Waals surface area contributed by atoms with Crippen molar-refractivity contribution in [3.05, 3.63) is 0 Å². The number of carbonyl (C=O) groups excluding carboxylic acids is 1. The fraction of sp³-hybridized carbons (Fsp3) is 0.625. The van der Waals surface area contributed by atoms with Crippen molar-refractivity contribution in [2.24, 2.45) is 5.73 Å². The molecule has 0 saturated carbocycles. The third-order valence-corrected chi connectivity index (χ3v) is 2.67. The lowest BCUT2D eigenvalue weighted by atomic mass is 10.2. The van der Waals surface area contributed by atoms with Crippen LogP contribution in [0.3, 0.4) is 0 Å². The third-order valence-electron chi connectivity index (χ3n) is 1.77. The van der Waals surface area contributed by atoms with Crippen molar-refractivity contribution in [3.8, 4) is 0 Å². The molecule has 0 aliphatic carbocycles. The predicted octanol–water partition coefficient (Wildman–Crippen LogP) is -2.20. The fourth-order valence-electron chi connectivity index (χ4n) is 0.778. The summed E-state index contributed by atoms with van der Waals surface area (Å²) in [4.78, 5) is 32.5. The highest BCUT2D eigenvalue weighted by atomic mass is 31.1. The summed E-state index contributed by atoms with van der Waals surface area (Å²) in [6.07, 6.45) is -0.469. The molecule has 1 amide bonds. The molecule has 16 heavy (non-hydrogen) atoms. The van der Waals surface area contributed by atoms with E-state index in [0.29, 0.717) is 0 Å². The van der Waals surface area contributed by atoms with Gasteiger partial charge < -0.3 is 26.2 Å². The number of nitrogens with one attached hydrogen (secondary N) is 1. The monoisotopic (exact) mass is 250 g/mol. The molecule has 5 N–H and O–H groups in total. The van der Waals surface area contributed by atoms with Crippen molar-refractivity contribution in [1.29, 1.82) is 0 Å². The van der Waals surface area contributed by atoms with Crippen LogP contribution in [0.15, 0.2) is 0 Å². The highest BCUT2D eigenvalue weighted by Gasteiger charge is 2.19. The number of rotatable bonds is 6. The van der Waals surface area contributed by atoms with Crippen LogP contribution in [-0.4, -0.2) is 46.3 Å². The van der Waals surface area contributed by atoms with Gasteiger partial charge in [0.2, 0.25) is 5.91 Å². The van der Waals surface area contributed by atoms with Crippen LogP contribution in [0, 0.1) is 0 Å². The molecule has 7 nitrogen and oxygen atoms in total. The Hall–Kier alpha value is -1.01. The first-order chi connectivity index (χ1) is 7.38. The number of nitrogens with two attached hydrogens (primary N) is 1. The van der Waals surface area contributed by atoms with Gasteiger partial charge in [-0.15, -0.1) is 0 Å². The maximum atomic E-state index is 11.3. The third kappa shape index (κ3) is 5.77. The molecule has 0 aromatic heterocycles. The van der Waals surface area contributed by atoms with Crippen molar-refractivity contribution in [1.82, 2.24) is 5.32 Å². The van der Waals surface area contributed by atoms with Gasteiger partial charge in [-0.2, -0.15) is 0 Å². The summed E-state index contributed by atoms with van der Waals surface area (Å²) < 4.78 is 0. The summed E-state index contributed by atoms with van der Waals surface area (Å²) in [7, 11) is -1.86. The van der Waals surface area contributed by atoms with Crippen LogP contribution >= 0.6 is 7.77 Å². The van der Waals surface area contributed by atoms with Crippen molar-refractivity contribution >= 4 is 25.4 Å². The number of hydrogen-bond donors (Lipinski definition) is 4. The first kappa shape index (κ1) is 15.0. The van der Waals surface area contributed by atoms with E-state index in [1.165, 1.54) is 12.7 Å². The van der Waals surface area contributed by atoms with Gasteiger partial charge in [-0.1, -0.05) is 0 Å². The topological polar surface area (TPSA) is 136 Å². The lowest BCUT2D eigenvalue weighted by Gasteiger charge is -2.12. The van der Waals surface area contributed by atoms with E-state index in [-0.39, 0.29) is 6.42 Å². The minimum atomic E-state index is -1.86. The van der Waals surface area contributed by atoms with Crippen LogP contribution in [0.25, 0.3) is 0 Å². The number of aliphatic hydroxyl groups excluding tert-OH is 1. The molecule has 3 atom stereocenters. The van der Waals surface area contributed by atoms with E-state index in [9.17, 15) is 14.5 Å². The second-order valence-corrected chi connectivity index (χ2v) is 4.63. The standard InChI is InChI=1S/C8H15N2O5P/c1-5(8(13)14)10-7(12)6(9)2-3-16(15)4-11/h3,5-6,11H,2,4,9H2,1H3,(H,10,12)(H,13,14)/t5-,6-/m0/s1. The zero-order chi connectivity index (χ0) is 12.7. The molecular weight excluding hydrogens is 235 g/mol. The number of aliphatic hydroxyl groups is 1. The average Bonchev–Trinajstić information content (AvgIpc) is 2.24. The number of amides is 1. The summed E-state index contributed by atoms with van der Waals surface area (Å²) in [6, 6.07) is -1.99. The average molecular weight is 250 g/mol. The Morgan fingerprint density at radius 3 is 2.62 bits per heavy atom. The summed E-state index contributed by atoms with van der Waals surface area (Å²) in [5, 5.41) is 19.2. The van der Waals surface area contributed by atoms with Gasteiger partial charge in [-0.3, -0.25) is 9.59 Å². The summed E-state index contributed by atoms with van der Waals surface area (Å²) >= 11 is 0. The van der Waals surface area contributed by atoms with E-state index in [1.54, 1.807) is 0 Å². The molecule has 0 spiro atoms. The lowest BCUT2D eigenvalue weighted by molar-refractivity contribution is -0.155. The Morgan fingerprint density at radius 1 is 1.62 bits per heavy atom. The van der Waals surface area contributed by atoms with Crippen LogP contribution in [0.1, 0.15) is 13.3 Å². The molecule has 0 bridgehead atoms. The summed E-state index contributed by atoms with van der Waals surface area (Å²) in [6.45, 7) is 1.31. The Labute approximate surface area is 93.7 Å². The van der Waals surface area contributed by atoms with Crippen LogP contribution in [0.2, 0.25) is 0 Å². The molecule has 0 radical (unpaired) electrons. The Morgan fingerprint density at radius 2 is 2.19 bits per heavy atom. The van der Waals surface area contributed by atoms with Crippen molar-refractivity contribution in [2.75, 3.05) is 6.35 Å². The molecule has 0 saturated heterocycles. The largest absolute Gasteiger partial charge is 0.629 e. The van der Waals surface area contributed by atoms with Crippen molar-refractivity contribution in [3.63, 3.8) is 0 Å². The number of aliphatic carboxylic acids is 1. The normalized spacial score (nSPS) is 15.4. The second-order valence-electron chi connectivity index (χ2n) is 3.15. The van der Waals surface area contributed by atoms with E-state index < -0.39 is 38.1 Å². The van der Waals surface area contributed by atoms with Crippen molar-refractivity contribution < 1.29 is 24.7 Å². The first-order valence-corrected chi connectivity index (χ1v) is 6.06. The Kier molecular flexibility index (Phi) is 6.83. The highest BCUT2D eigenvalue weighted by molar-refractivity contribution is 7.49. The quantitative estimate of drug-likeness (QED) is 0.395. The molecule has 0 aliphatic heterocycles. The molecule has 0 fully saturated rings. The van der Waals surface area contributed by atoms with Gasteiger partial charge in [0, 0.05) is 6.42 Å². The number of carbonyl (C=O) groups is 2. The van der Waals surface area contributed by atoms with E-state index in [0.717, 1.165) is 0 Å². The van der Waals surface area contributed by atoms with Gasteiger partial charge >= 0.3 is 5.97 Å². The first-order valence-electron chi connectivity index (χ1n) is 4.55. The maximum Gasteiger partial charge on any atom is 0.325 e. The zero-order valence-electron chi connectivity index (χ0n) is 8.79. The van der Waals surface area contributed by atoms with Gasteiger partial charge in [0.05, 0.1) is 19.6 Å². The van der Waals surface area contributed by atoms with Crippen LogP contribution < -0.4 is 15.9 Å². The number of carboxylic acid groups (broad SMARTS) is 1. The molecule has 1 unspecified atom stereocenters. The highest BCUT2D eigenvalue weighted by Crippen LogP contribution is 2.06. The van der Waals surface area contributed by atoms with E-state index >= 15 is 0 Å². The van der Waals surface area contributed by atoms with Gasteiger partial charge in [-0.25, -0.2) is 0 Å². The van der Waals surface area contributed by atoms with Gasteiger partial charge in [0.1, 0.15) is 6.04 Å². The number of hydrogen-bond acceptors (Lipinski definition) is 5. The molecule has 0 aliphatic rings. The van der Waals surface area contributed by atoms with E-state index in [4.69, 9.17) is 15.9 Å². The maximum absolute atomic E-state index is 11.3. The zero-order valence-corrected chi connectivity index (χ0v) is 9.68. The predicted molar refractivity (Wildman–Crippen MR) is 57.9 cm³/mol. The Bertz CT molecular complexity index is 294. The molecule has 0 rings (SSSR count). The minimum Gasteiger partial charge on any atom is -0.629 e. The smallest absolute Gasteiger partial charge is 0.325 e. The molecule has 0 heterocycles. The fourth-order valence-corrected chi connectivity index (χ4v) is 1.36. The molecule has 92 valence electrons. The van der Waals surface area contributed by atoms with Crippen molar-refractivity contribution in [2.45, 2.75) is 25.4 Å². The summed E-state index contributed by atoms with van der Waals surface area (Å²) in [5.74, 6) is -0.552. The van der Waals surface area contributed by atoms with Crippen LogP contribution in [0.4, 0.5) is 0 Å². The summed E-state index contributed by atoms with van der Waals surface area (Å²) in [5.41, 5.74) is 5.42. The van der Waals surface area contributed by atoms with Gasteiger partial charge in [0.25, 0.3) is 0 Å². The Balaban J connectivity index is 4.14. The van der Waals surface area contributed by atoms with Gasteiger partial charge in [-0.05, 0) is 6.92 Å². The van der Waals surface area contributed by atoms with E-state index in [2.05, 4.69) is 5.32 Å². The molecule has 8 heteroatoms. The SMILES string of the molecule is C[C@H](NC(=O)[C@@H](N)CC=[P+]([O-])CO)C(=O)O. The molecule has 0 aromatic rings. The lowest BCUT2D eigenvalue weighted by Crippen LogP contribution is -2.47. The van der Waals surface area contributed by atoms with Gasteiger partial charge in [0.15, 0.2) is 6.35 Å². The molecular formula is C8H15N2O5P. The van der Waals surface area contributed by atoms with Crippen LogP contribution in [0.5, 0.6) is 0 Å².